The summed E-state index contributed by atoms with van der Waals surface area (Å²) in [6, 6.07) is 0. The van der Waals surface area contributed by atoms with Crippen LogP contribution in [0.25, 0.3) is 0 Å². The van der Waals surface area contributed by atoms with Gasteiger partial charge in [0.05, 0.1) is 13.7 Å². The molecular formula is C11H12O6. The molecule has 0 spiro atoms. The third-order valence-corrected chi connectivity index (χ3v) is 2.50. The molecule has 6 nitrogen and oxygen atoms in total. The first-order valence-corrected chi connectivity index (χ1v) is 4.71. The van der Waals surface area contributed by atoms with E-state index in [1.54, 1.807) is 0 Å². The van der Waals surface area contributed by atoms with Crippen molar-refractivity contribution < 1.29 is 29.6 Å². The second-order valence-corrected chi connectivity index (χ2v) is 3.36. The van der Waals surface area contributed by atoms with E-state index < -0.39 is 12.6 Å². The van der Waals surface area contributed by atoms with Crippen LogP contribution in [0, 0.1) is 6.92 Å². The molecule has 0 atom stereocenters. The van der Waals surface area contributed by atoms with Gasteiger partial charge in [-0.2, -0.15) is 0 Å². The van der Waals surface area contributed by atoms with Gasteiger partial charge in [-0.15, -0.1) is 0 Å². The monoisotopic (exact) mass is 240 g/mol. The average molecular weight is 240 g/mol. The predicted molar refractivity (Wildman–Crippen MR) is 57.7 cm³/mol. The Morgan fingerprint density at radius 3 is 2.41 bits per heavy atom. The summed E-state index contributed by atoms with van der Waals surface area (Å²) in [6.45, 7) is 0.805. The Kier molecular flexibility index (Phi) is 3.69. The number of ether oxygens (including phenoxy) is 1. The van der Waals surface area contributed by atoms with E-state index in [0.717, 1.165) is 0 Å². The van der Waals surface area contributed by atoms with Crippen molar-refractivity contribution in [3.63, 3.8) is 0 Å². The topological polar surface area (TPSA) is 104 Å². The zero-order chi connectivity index (χ0) is 13.2. The lowest BCUT2D eigenvalue weighted by Crippen LogP contribution is -2.10. The maximum absolute atomic E-state index is 11.1. The molecule has 0 saturated carbocycles. The van der Waals surface area contributed by atoms with Gasteiger partial charge in [-0.25, -0.2) is 4.79 Å². The number of aliphatic hydroxyl groups excluding tert-OH is 1. The summed E-state index contributed by atoms with van der Waals surface area (Å²) in [4.78, 5) is 22.0. The van der Waals surface area contributed by atoms with E-state index in [1.165, 1.54) is 14.0 Å². The number of carboxylic acid groups (broad SMARTS) is 1. The van der Waals surface area contributed by atoms with Crippen LogP contribution >= 0.6 is 0 Å². The molecule has 17 heavy (non-hydrogen) atoms. The quantitative estimate of drug-likeness (QED) is 0.669. The van der Waals surface area contributed by atoms with Crippen LogP contribution in [0.2, 0.25) is 0 Å². The third kappa shape index (κ3) is 1.94. The van der Waals surface area contributed by atoms with Crippen LogP contribution < -0.4 is 4.74 Å². The first-order valence-electron chi connectivity index (χ1n) is 4.71. The highest BCUT2D eigenvalue weighted by Gasteiger charge is 2.25. The highest BCUT2D eigenvalue weighted by atomic mass is 16.5. The maximum atomic E-state index is 11.1. The van der Waals surface area contributed by atoms with Crippen LogP contribution in [0.1, 0.15) is 31.8 Å². The Balaban J connectivity index is 3.82. The Labute approximate surface area is 97.1 Å². The molecule has 6 heteroatoms. The summed E-state index contributed by atoms with van der Waals surface area (Å²) < 4.78 is 4.88. The number of hydrogen-bond donors (Lipinski definition) is 3. The molecule has 1 aromatic rings. The van der Waals surface area contributed by atoms with Crippen LogP contribution in [0.15, 0.2) is 0 Å². The average Bonchev–Trinajstić information content (AvgIpc) is 2.31. The second-order valence-electron chi connectivity index (χ2n) is 3.36. The normalized spacial score (nSPS) is 10.1. The second kappa shape index (κ2) is 4.84. The van der Waals surface area contributed by atoms with Gasteiger partial charge in [0.1, 0.15) is 17.1 Å². The lowest BCUT2D eigenvalue weighted by molar-refractivity contribution is 0.0689. The van der Waals surface area contributed by atoms with Crippen molar-refractivity contribution in [3.05, 3.63) is 22.3 Å². The number of aldehydes is 1. The van der Waals surface area contributed by atoms with E-state index in [4.69, 9.17) is 14.9 Å². The number of methoxy groups -OCH3 is 1. The number of phenols is 1. The molecule has 3 N–H and O–H groups in total. The van der Waals surface area contributed by atoms with Gasteiger partial charge in [0, 0.05) is 16.7 Å². The summed E-state index contributed by atoms with van der Waals surface area (Å²) in [5.74, 6) is -1.78. The number of aromatic hydroxyl groups is 1. The van der Waals surface area contributed by atoms with Crippen LogP contribution in [-0.4, -0.2) is 34.7 Å². The summed E-state index contributed by atoms with van der Waals surface area (Å²) in [5, 5.41) is 27.8. The number of carbonyl (C=O) groups excluding carboxylic acids is 1. The zero-order valence-electron chi connectivity index (χ0n) is 9.35. The highest BCUT2D eigenvalue weighted by molar-refractivity contribution is 6.02. The van der Waals surface area contributed by atoms with Gasteiger partial charge in [-0.05, 0) is 6.92 Å². The maximum Gasteiger partial charge on any atom is 0.340 e. The van der Waals surface area contributed by atoms with Gasteiger partial charge in [0.2, 0.25) is 0 Å². The van der Waals surface area contributed by atoms with Crippen molar-refractivity contribution in [2.75, 3.05) is 7.11 Å². The molecule has 0 saturated heterocycles. The number of rotatable bonds is 4. The molecule has 0 aliphatic carbocycles. The lowest BCUT2D eigenvalue weighted by Gasteiger charge is -2.15. The van der Waals surface area contributed by atoms with Gasteiger partial charge >= 0.3 is 5.97 Å². The Morgan fingerprint density at radius 1 is 1.47 bits per heavy atom. The SMILES string of the molecule is COc1c(C)c(O)c(CO)c(C=O)c1C(=O)O. The van der Waals surface area contributed by atoms with Crippen LogP contribution in [-0.2, 0) is 6.61 Å². The summed E-state index contributed by atoms with van der Waals surface area (Å²) in [7, 11) is 1.24. The molecule has 0 aliphatic rings. The molecule has 0 unspecified atom stereocenters. The molecule has 0 bridgehead atoms. The van der Waals surface area contributed by atoms with E-state index in [9.17, 15) is 14.7 Å². The number of carbonyl (C=O) groups is 2. The molecule has 1 aromatic carbocycles. The highest BCUT2D eigenvalue weighted by Crippen LogP contribution is 2.37. The first-order chi connectivity index (χ1) is 7.99. The van der Waals surface area contributed by atoms with Gasteiger partial charge in [0.15, 0.2) is 6.29 Å². The molecule has 1 rings (SSSR count). The van der Waals surface area contributed by atoms with Crippen molar-refractivity contribution in [1.29, 1.82) is 0 Å². The van der Waals surface area contributed by atoms with Gasteiger partial charge in [0.25, 0.3) is 0 Å². The fraction of sp³-hybridized carbons (Fsp3) is 0.273. The molecule has 0 amide bonds. The van der Waals surface area contributed by atoms with Crippen molar-refractivity contribution >= 4 is 12.3 Å². The molecular weight excluding hydrogens is 228 g/mol. The standard InChI is InChI=1S/C11H12O6/c1-5-9(14)7(4-13)6(3-12)8(11(15)16)10(5)17-2/h3,13-14H,4H2,1-2H3,(H,15,16). The van der Waals surface area contributed by atoms with E-state index >= 15 is 0 Å². The van der Waals surface area contributed by atoms with Crippen molar-refractivity contribution in [3.8, 4) is 11.5 Å². The number of hydrogen-bond acceptors (Lipinski definition) is 5. The van der Waals surface area contributed by atoms with Crippen molar-refractivity contribution in [2.24, 2.45) is 0 Å². The number of carboxylic acids is 1. The molecule has 0 radical (unpaired) electrons. The summed E-state index contributed by atoms with van der Waals surface area (Å²) >= 11 is 0. The van der Waals surface area contributed by atoms with E-state index in [0.29, 0.717) is 0 Å². The Bertz CT molecular complexity index is 478. The van der Waals surface area contributed by atoms with Gasteiger partial charge < -0.3 is 20.1 Å². The van der Waals surface area contributed by atoms with Gasteiger partial charge in [-0.3, -0.25) is 4.79 Å². The van der Waals surface area contributed by atoms with E-state index in [-0.39, 0.29) is 40.0 Å². The lowest BCUT2D eigenvalue weighted by atomic mass is 9.96. The van der Waals surface area contributed by atoms with E-state index in [2.05, 4.69) is 0 Å². The van der Waals surface area contributed by atoms with Gasteiger partial charge in [-0.1, -0.05) is 0 Å². The third-order valence-electron chi connectivity index (χ3n) is 2.50. The molecule has 92 valence electrons. The molecule has 0 heterocycles. The minimum atomic E-state index is -1.36. The fourth-order valence-corrected chi connectivity index (χ4v) is 1.68. The van der Waals surface area contributed by atoms with E-state index in [1.807, 2.05) is 0 Å². The van der Waals surface area contributed by atoms with Crippen LogP contribution in [0.3, 0.4) is 0 Å². The minimum Gasteiger partial charge on any atom is -0.507 e. The minimum absolute atomic E-state index is 0.0886. The van der Waals surface area contributed by atoms with Crippen LogP contribution in [0.5, 0.6) is 11.5 Å². The first kappa shape index (κ1) is 13.0. The summed E-state index contributed by atoms with van der Waals surface area (Å²) in [6.07, 6.45) is 0.274. The Hall–Kier alpha value is -2.08. The van der Waals surface area contributed by atoms with Crippen LogP contribution in [0.4, 0.5) is 0 Å². The predicted octanol–water partition coefficient (Wildman–Crippen LogP) is 0.712. The number of aromatic carboxylic acids is 1. The number of benzene rings is 1. The van der Waals surface area contributed by atoms with Crippen molar-refractivity contribution in [1.82, 2.24) is 0 Å². The molecule has 0 aliphatic heterocycles. The number of aliphatic hydroxyl groups is 1. The molecule has 0 aromatic heterocycles. The smallest absolute Gasteiger partial charge is 0.340 e. The summed E-state index contributed by atoms with van der Waals surface area (Å²) in [5.41, 5.74) is -0.586. The zero-order valence-corrected chi connectivity index (χ0v) is 9.35. The largest absolute Gasteiger partial charge is 0.507 e. The Morgan fingerprint density at radius 2 is 2.06 bits per heavy atom. The van der Waals surface area contributed by atoms with Crippen molar-refractivity contribution in [2.45, 2.75) is 13.5 Å². The fourth-order valence-electron chi connectivity index (χ4n) is 1.68. The molecule has 0 fully saturated rings.